The van der Waals surface area contributed by atoms with Gasteiger partial charge in [-0.25, -0.2) is 0 Å². The molecule has 1 amide bonds. The molecule has 0 aliphatic rings. The van der Waals surface area contributed by atoms with Gasteiger partial charge in [-0.3, -0.25) is 4.79 Å². The second-order valence-electron chi connectivity index (χ2n) is 6.30. The van der Waals surface area contributed by atoms with Gasteiger partial charge in [0.2, 0.25) is 4.96 Å². The lowest BCUT2D eigenvalue weighted by Gasteiger charge is -2.12. The lowest BCUT2D eigenvalue weighted by Crippen LogP contribution is -2.13. The number of methoxy groups -OCH3 is 1. The number of fused-ring (bicyclic) bond motifs is 1. The zero-order valence-corrected chi connectivity index (χ0v) is 18.9. The summed E-state index contributed by atoms with van der Waals surface area (Å²) in [7, 11) is 1.56. The molecule has 0 spiro atoms. The van der Waals surface area contributed by atoms with E-state index in [2.05, 4.69) is 36.5 Å². The molecule has 0 saturated carbocycles. The molecule has 4 rings (SSSR count). The van der Waals surface area contributed by atoms with Crippen molar-refractivity contribution in [1.82, 2.24) is 19.8 Å². The first-order valence-corrected chi connectivity index (χ1v) is 10.7. The van der Waals surface area contributed by atoms with E-state index in [-0.39, 0.29) is 5.91 Å². The Balaban J connectivity index is 1.63. The fourth-order valence-electron chi connectivity index (χ4n) is 2.88. The van der Waals surface area contributed by atoms with Crippen LogP contribution in [-0.4, -0.2) is 39.4 Å². The van der Waals surface area contributed by atoms with E-state index in [1.807, 2.05) is 26.0 Å². The van der Waals surface area contributed by atoms with Gasteiger partial charge in [-0.05, 0) is 66.2 Å². The first kappa shape index (κ1) is 20.3. The molecule has 0 bridgehead atoms. The van der Waals surface area contributed by atoms with Crippen LogP contribution in [0.15, 0.2) is 40.9 Å². The van der Waals surface area contributed by atoms with Crippen molar-refractivity contribution in [1.29, 1.82) is 0 Å². The molecule has 0 aliphatic carbocycles. The number of nitrogens with zero attached hydrogens (tertiary/aromatic N) is 4. The second-order valence-corrected chi connectivity index (χ2v) is 8.11. The molecule has 0 unspecified atom stereocenters. The van der Waals surface area contributed by atoms with Crippen LogP contribution in [0.3, 0.4) is 0 Å². The third-order valence-electron chi connectivity index (χ3n) is 4.34. The van der Waals surface area contributed by atoms with Crippen molar-refractivity contribution >= 4 is 43.8 Å². The number of aryl methyl sites for hydroxylation is 1. The highest BCUT2D eigenvalue weighted by Crippen LogP contribution is 2.33. The minimum Gasteiger partial charge on any atom is -0.495 e. The zero-order chi connectivity index (χ0) is 21.3. The van der Waals surface area contributed by atoms with Crippen LogP contribution in [0.25, 0.3) is 15.5 Å². The fourth-order valence-corrected chi connectivity index (χ4v) is 4.25. The lowest BCUT2D eigenvalue weighted by molar-refractivity contribution is 0.102. The van der Waals surface area contributed by atoms with Gasteiger partial charge in [0.1, 0.15) is 16.5 Å². The fraction of sp³-hybridized carbons (Fsp3) is 0.200. The number of amides is 1. The molecule has 0 aliphatic heterocycles. The highest BCUT2D eigenvalue weighted by molar-refractivity contribution is 9.10. The average Bonchev–Trinajstić information content (AvgIpc) is 3.31. The number of anilines is 1. The van der Waals surface area contributed by atoms with Crippen molar-refractivity contribution < 1.29 is 14.3 Å². The van der Waals surface area contributed by atoms with Crippen LogP contribution in [0.4, 0.5) is 5.69 Å². The molecule has 0 saturated heterocycles. The number of rotatable bonds is 6. The summed E-state index contributed by atoms with van der Waals surface area (Å²) in [5, 5.41) is 16.3. The Morgan fingerprint density at radius 1 is 1.20 bits per heavy atom. The summed E-state index contributed by atoms with van der Waals surface area (Å²) in [5.41, 5.74) is 1.88. The minimum atomic E-state index is -0.261. The Morgan fingerprint density at radius 3 is 2.70 bits per heavy atom. The van der Waals surface area contributed by atoms with E-state index < -0.39 is 0 Å². The topological polar surface area (TPSA) is 90.6 Å². The van der Waals surface area contributed by atoms with Crippen LogP contribution in [-0.2, 0) is 0 Å². The molecule has 154 valence electrons. The van der Waals surface area contributed by atoms with Gasteiger partial charge >= 0.3 is 0 Å². The molecule has 0 radical (unpaired) electrons. The van der Waals surface area contributed by atoms with Crippen LogP contribution in [0, 0.1) is 6.92 Å². The Morgan fingerprint density at radius 2 is 2.00 bits per heavy atom. The molecular weight excluding hydrogens is 470 g/mol. The SMILES string of the molecule is CCOc1ccc(C(=O)Nc2cc(-c3nn4c(C)nnc4s3)ccc2OC)cc1Br. The second kappa shape index (κ2) is 8.41. The summed E-state index contributed by atoms with van der Waals surface area (Å²) in [6, 6.07) is 10.7. The number of carbonyl (C=O) groups is 1. The number of hydrogen-bond acceptors (Lipinski definition) is 7. The van der Waals surface area contributed by atoms with E-state index in [1.54, 1.807) is 35.9 Å². The monoisotopic (exact) mass is 487 g/mol. The molecule has 1 N–H and O–H groups in total. The largest absolute Gasteiger partial charge is 0.495 e. The van der Waals surface area contributed by atoms with Gasteiger partial charge in [0, 0.05) is 11.1 Å². The van der Waals surface area contributed by atoms with Crippen molar-refractivity contribution in [2.75, 3.05) is 19.0 Å². The van der Waals surface area contributed by atoms with E-state index in [0.717, 1.165) is 16.4 Å². The quantitative estimate of drug-likeness (QED) is 0.427. The first-order chi connectivity index (χ1) is 14.5. The molecule has 30 heavy (non-hydrogen) atoms. The van der Waals surface area contributed by atoms with E-state index in [1.165, 1.54) is 11.3 Å². The standard InChI is InChI=1S/C20H18BrN5O3S/c1-4-29-16-7-5-12(9-14(16)21)18(27)22-15-10-13(6-8-17(15)28-3)19-25-26-11(2)23-24-20(26)30-19/h5-10H,4H2,1-3H3,(H,22,27). The molecule has 10 heteroatoms. The maximum atomic E-state index is 12.8. The van der Waals surface area contributed by atoms with Gasteiger partial charge in [-0.2, -0.15) is 9.61 Å². The van der Waals surface area contributed by atoms with Crippen molar-refractivity contribution in [3.8, 4) is 22.1 Å². The molecule has 2 aromatic carbocycles. The lowest BCUT2D eigenvalue weighted by atomic mass is 10.1. The molecule has 0 fully saturated rings. The van der Waals surface area contributed by atoms with Crippen molar-refractivity contribution in [2.45, 2.75) is 13.8 Å². The van der Waals surface area contributed by atoms with E-state index in [0.29, 0.717) is 38.8 Å². The molecule has 8 nitrogen and oxygen atoms in total. The first-order valence-electron chi connectivity index (χ1n) is 9.11. The zero-order valence-electron chi connectivity index (χ0n) is 16.5. The summed E-state index contributed by atoms with van der Waals surface area (Å²) >= 11 is 4.86. The number of carbonyl (C=O) groups excluding carboxylic acids is 1. The molecule has 2 heterocycles. The van der Waals surface area contributed by atoms with Crippen LogP contribution in [0.2, 0.25) is 0 Å². The minimum absolute atomic E-state index is 0.261. The predicted molar refractivity (Wildman–Crippen MR) is 119 cm³/mol. The van der Waals surface area contributed by atoms with E-state index in [4.69, 9.17) is 9.47 Å². The number of halogens is 1. The Bertz CT molecular complexity index is 1240. The number of benzene rings is 2. The van der Waals surface area contributed by atoms with Crippen molar-refractivity contribution in [3.63, 3.8) is 0 Å². The van der Waals surface area contributed by atoms with Gasteiger partial charge in [-0.15, -0.1) is 10.2 Å². The van der Waals surface area contributed by atoms with Gasteiger partial charge in [0.05, 0.1) is 23.9 Å². The predicted octanol–water partition coefficient (Wildman–Crippen LogP) is 4.58. The van der Waals surface area contributed by atoms with Crippen LogP contribution >= 0.6 is 27.3 Å². The van der Waals surface area contributed by atoms with Crippen LogP contribution in [0.5, 0.6) is 11.5 Å². The van der Waals surface area contributed by atoms with Gasteiger partial charge < -0.3 is 14.8 Å². The molecule has 0 atom stereocenters. The van der Waals surface area contributed by atoms with Crippen LogP contribution in [0.1, 0.15) is 23.1 Å². The van der Waals surface area contributed by atoms with Gasteiger partial charge in [0.25, 0.3) is 5.91 Å². The molecule has 4 aromatic rings. The molecule has 2 aromatic heterocycles. The smallest absolute Gasteiger partial charge is 0.255 e. The third kappa shape index (κ3) is 3.88. The van der Waals surface area contributed by atoms with Gasteiger partial charge in [-0.1, -0.05) is 11.3 Å². The van der Waals surface area contributed by atoms with Crippen LogP contribution < -0.4 is 14.8 Å². The Hall–Kier alpha value is -2.98. The average molecular weight is 488 g/mol. The Labute approximate surface area is 185 Å². The maximum Gasteiger partial charge on any atom is 0.255 e. The number of nitrogens with one attached hydrogen (secondary N) is 1. The molecular formula is C20H18BrN5O3S. The summed E-state index contributed by atoms with van der Waals surface area (Å²) in [5.74, 6) is 1.70. The summed E-state index contributed by atoms with van der Waals surface area (Å²) < 4.78 is 13.3. The number of ether oxygens (including phenoxy) is 2. The highest BCUT2D eigenvalue weighted by Gasteiger charge is 2.16. The maximum absolute atomic E-state index is 12.8. The van der Waals surface area contributed by atoms with Gasteiger partial charge in [0.15, 0.2) is 5.82 Å². The van der Waals surface area contributed by atoms with E-state index >= 15 is 0 Å². The summed E-state index contributed by atoms with van der Waals surface area (Å²) in [4.78, 5) is 13.5. The summed E-state index contributed by atoms with van der Waals surface area (Å²) in [6.07, 6.45) is 0. The van der Waals surface area contributed by atoms with Crippen molar-refractivity contribution in [2.24, 2.45) is 0 Å². The number of hydrogen-bond donors (Lipinski definition) is 1. The normalized spacial score (nSPS) is 10.9. The highest BCUT2D eigenvalue weighted by atomic mass is 79.9. The van der Waals surface area contributed by atoms with Crippen molar-refractivity contribution in [3.05, 3.63) is 52.3 Å². The Kier molecular flexibility index (Phi) is 5.69. The van der Waals surface area contributed by atoms with E-state index in [9.17, 15) is 4.79 Å². The summed E-state index contributed by atoms with van der Waals surface area (Å²) in [6.45, 7) is 4.30. The third-order valence-corrected chi connectivity index (χ3v) is 5.90. The number of aromatic nitrogens is 4.